The second-order valence-electron chi connectivity index (χ2n) is 10.7. The van der Waals surface area contributed by atoms with Crippen molar-refractivity contribution in [2.75, 3.05) is 39.4 Å². The Kier molecular flexibility index (Phi) is 12.0. The van der Waals surface area contributed by atoms with Crippen molar-refractivity contribution in [1.82, 2.24) is 15.0 Å². The van der Waals surface area contributed by atoms with Crippen LogP contribution in [-0.4, -0.2) is 54.8 Å². The van der Waals surface area contributed by atoms with E-state index >= 15 is 0 Å². The first kappa shape index (κ1) is 35.3. The summed E-state index contributed by atoms with van der Waals surface area (Å²) in [7, 11) is 3.04. The minimum Gasteiger partial charge on any atom is -0.497 e. The maximum Gasteiger partial charge on any atom is 0.300 e. The van der Waals surface area contributed by atoms with E-state index in [1.54, 1.807) is 24.3 Å². The summed E-state index contributed by atoms with van der Waals surface area (Å²) < 4.78 is 45.1. The molecule has 0 aliphatic rings. The predicted octanol–water partition coefficient (Wildman–Crippen LogP) is 4.22. The van der Waals surface area contributed by atoms with Crippen molar-refractivity contribution in [3.8, 4) is 23.3 Å². The summed E-state index contributed by atoms with van der Waals surface area (Å²) in [4.78, 5) is 38.7. The molecule has 0 saturated heterocycles. The second kappa shape index (κ2) is 16.9. The molecule has 0 unspecified atom stereocenters. The van der Waals surface area contributed by atoms with Gasteiger partial charge in [-0.2, -0.15) is 0 Å². The van der Waals surface area contributed by atoms with E-state index in [2.05, 4.69) is 27.5 Å². The summed E-state index contributed by atoms with van der Waals surface area (Å²) in [5.41, 5.74) is 0.896. The minimum absolute atomic E-state index is 0.0151. The number of halogens is 2. The molecule has 0 aliphatic heterocycles. The first-order chi connectivity index (χ1) is 24.3. The Labute approximate surface area is 286 Å². The number of carbonyl (C=O) groups is 1. The summed E-state index contributed by atoms with van der Waals surface area (Å²) in [6.45, 7) is -0.247. The van der Waals surface area contributed by atoms with E-state index in [0.717, 1.165) is 16.4 Å². The summed E-state index contributed by atoms with van der Waals surface area (Å²) >= 11 is 0. The lowest BCUT2D eigenvalue weighted by atomic mass is 10.1. The highest BCUT2D eigenvalue weighted by atomic mass is 19.1. The van der Waals surface area contributed by atoms with Crippen molar-refractivity contribution in [1.29, 1.82) is 0 Å². The highest BCUT2D eigenvalue weighted by molar-refractivity contribution is 6.06. The molecule has 0 saturated carbocycles. The molecular weight excluding hydrogens is 650 g/mol. The largest absolute Gasteiger partial charge is 0.497 e. The Balaban J connectivity index is 1.64. The number of benzene rings is 3. The fourth-order valence-electron chi connectivity index (χ4n) is 4.97. The van der Waals surface area contributed by atoms with Crippen molar-refractivity contribution in [3.63, 3.8) is 0 Å². The molecule has 0 bridgehead atoms. The normalized spacial score (nSPS) is 10.7. The Bertz CT molecular complexity index is 2100. The molecule has 3 N–H and O–H groups in total. The number of anilines is 1. The zero-order valence-electron chi connectivity index (χ0n) is 27.3. The van der Waals surface area contributed by atoms with Crippen LogP contribution in [0.1, 0.15) is 32.6 Å². The molecular formula is C37H34F2N4O7. The van der Waals surface area contributed by atoms with Crippen molar-refractivity contribution in [3.05, 3.63) is 129 Å². The number of nitrogens with zero attached hydrogens (tertiary/aromatic N) is 2. The first-order valence-electron chi connectivity index (χ1n) is 15.4. The van der Waals surface area contributed by atoms with Gasteiger partial charge >= 0.3 is 0 Å². The van der Waals surface area contributed by atoms with Gasteiger partial charge in [0.25, 0.3) is 11.5 Å². The molecule has 0 fully saturated rings. The Morgan fingerprint density at radius 3 is 2.52 bits per heavy atom. The van der Waals surface area contributed by atoms with Crippen molar-refractivity contribution < 1.29 is 37.7 Å². The fraction of sp³-hybridized carbons (Fsp3) is 0.216. The van der Waals surface area contributed by atoms with Gasteiger partial charge in [-0.15, -0.1) is 4.73 Å². The van der Waals surface area contributed by atoms with Gasteiger partial charge < -0.3 is 34.8 Å². The molecule has 0 atom stereocenters. The Hall–Kier alpha value is -5.97. The molecule has 0 spiro atoms. The molecule has 3 aromatic carbocycles. The van der Waals surface area contributed by atoms with Crippen LogP contribution in [0.4, 0.5) is 14.5 Å². The van der Waals surface area contributed by atoms with Gasteiger partial charge in [0, 0.05) is 53.5 Å². The average molecular weight is 685 g/mol. The molecule has 1 amide bonds. The van der Waals surface area contributed by atoms with E-state index in [1.807, 2.05) is 30.3 Å². The molecule has 258 valence electrons. The van der Waals surface area contributed by atoms with Gasteiger partial charge in [0.1, 0.15) is 41.9 Å². The predicted molar refractivity (Wildman–Crippen MR) is 182 cm³/mol. The number of aromatic nitrogens is 2. The molecule has 13 heteroatoms. The van der Waals surface area contributed by atoms with E-state index in [9.17, 15) is 18.4 Å². The Morgan fingerprint density at radius 1 is 0.980 bits per heavy atom. The van der Waals surface area contributed by atoms with E-state index < -0.39 is 23.1 Å². The highest BCUT2D eigenvalue weighted by Crippen LogP contribution is 2.29. The van der Waals surface area contributed by atoms with Crippen LogP contribution in [0.5, 0.6) is 11.5 Å². The molecule has 5 aromatic rings. The van der Waals surface area contributed by atoms with E-state index in [0.29, 0.717) is 34.1 Å². The van der Waals surface area contributed by atoms with Crippen LogP contribution in [0, 0.1) is 23.5 Å². The van der Waals surface area contributed by atoms with Crippen LogP contribution in [-0.2, 0) is 24.4 Å². The lowest BCUT2D eigenvalue weighted by Gasteiger charge is -2.19. The lowest BCUT2D eigenvalue weighted by Crippen LogP contribution is -2.37. The summed E-state index contributed by atoms with van der Waals surface area (Å²) in [6, 6.07) is 19.0. The van der Waals surface area contributed by atoms with E-state index in [-0.39, 0.29) is 62.0 Å². The highest BCUT2D eigenvalue weighted by Gasteiger charge is 2.25. The zero-order valence-corrected chi connectivity index (χ0v) is 27.3. The maximum absolute atomic E-state index is 14.5. The average Bonchev–Trinajstić information content (AvgIpc) is 3.13. The SMILES string of the molecule is COc1ccc(CNc2c(C(=O)NCc3ccc(F)cc3F)c(=O)n(OCc3ccccc3)c3ncc(C#CCOCCO)cc23)c(OC)c1. The zero-order chi connectivity index (χ0) is 35.5. The lowest BCUT2D eigenvalue weighted by molar-refractivity contribution is 0.0898. The quantitative estimate of drug-likeness (QED) is 0.116. The summed E-state index contributed by atoms with van der Waals surface area (Å²) in [5.74, 6) is 4.38. The van der Waals surface area contributed by atoms with Crippen molar-refractivity contribution in [2.24, 2.45) is 0 Å². The monoisotopic (exact) mass is 684 g/mol. The van der Waals surface area contributed by atoms with Gasteiger partial charge in [-0.3, -0.25) is 9.59 Å². The molecule has 50 heavy (non-hydrogen) atoms. The number of amides is 1. The van der Waals surface area contributed by atoms with E-state index in [1.165, 1.54) is 26.5 Å². The van der Waals surface area contributed by atoms with Crippen LogP contribution >= 0.6 is 0 Å². The van der Waals surface area contributed by atoms with Gasteiger partial charge in [-0.05, 0) is 29.8 Å². The molecule has 2 heterocycles. The maximum atomic E-state index is 14.5. The first-order valence-corrected chi connectivity index (χ1v) is 15.4. The van der Waals surface area contributed by atoms with Gasteiger partial charge in [-0.1, -0.05) is 48.2 Å². The van der Waals surface area contributed by atoms with Gasteiger partial charge in [-0.25, -0.2) is 13.8 Å². The third-order valence-electron chi connectivity index (χ3n) is 7.45. The number of aliphatic hydroxyl groups is 1. The summed E-state index contributed by atoms with van der Waals surface area (Å²) in [6.07, 6.45) is 1.45. The number of methoxy groups -OCH3 is 2. The number of nitrogens with one attached hydrogen (secondary N) is 2. The molecule has 0 radical (unpaired) electrons. The summed E-state index contributed by atoms with van der Waals surface area (Å²) in [5, 5.41) is 15.1. The number of fused-ring (bicyclic) bond motifs is 1. The Morgan fingerprint density at radius 2 is 1.78 bits per heavy atom. The van der Waals surface area contributed by atoms with Crippen LogP contribution < -0.4 is 30.5 Å². The number of carbonyl (C=O) groups excluding carboxylic acids is 1. The molecule has 5 rings (SSSR count). The third kappa shape index (κ3) is 8.54. The molecule has 11 nitrogen and oxygen atoms in total. The van der Waals surface area contributed by atoms with Gasteiger partial charge in [0.05, 0.1) is 33.1 Å². The van der Waals surface area contributed by atoms with Crippen molar-refractivity contribution in [2.45, 2.75) is 19.7 Å². The molecule has 0 aliphatic carbocycles. The minimum atomic E-state index is -0.854. The number of rotatable bonds is 14. The number of hydrogen-bond acceptors (Lipinski definition) is 9. The van der Waals surface area contributed by atoms with Crippen LogP contribution in [0.15, 0.2) is 83.8 Å². The number of ether oxygens (including phenoxy) is 3. The third-order valence-corrected chi connectivity index (χ3v) is 7.45. The van der Waals surface area contributed by atoms with Crippen molar-refractivity contribution >= 4 is 22.6 Å². The number of hydrogen-bond donors (Lipinski definition) is 3. The fourth-order valence-corrected chi connectivity index (χ4v) is 4.97. The van der Waals surface area contributed by atoms with E-state index in [4.69, 9.17) is 24.2 Å². The van der Waals surface area contributed by atoms with Crippen LogP contribution in [0.2, 0.25) is 0 Å². The van der Waals surface area contributed by atoms with Crippen LogP contribution in [0.3, 0.4) is 0 Å². The second-order valence-corrected chi connectivity index (χ2v) is 10.7. The van der Waals surface area contributed by atoms with Gasteiger partial charge in [0.15, 0.2) is 5.65 Å². The smallest absolute Gasteiger partial charge is 0.300 e. The standard InChI is InChI=1S/C37H34F2N4O7/c1-47-29-13-11-27(32(19-29)48-2)22-40-34-30-17-25(9-6-15-49-16-14-44)20-41-35(30)43(50-23-24-7-4-3-5-8-24)37(46)33(34)36(45)42-21-26-10-12-28(38)18-31(26)39/h3-5,7-8,10-13,17-20,40,44H,14-16,21-23H2,1-2H3,(H,42,45). The van der Waals surface area contributed by atoms with Crippen LogP contribution in [0.25, 0.3) is 11.0 Å². The van der Waals surface area contributed by atoms with Gasteiger partial charge in [0.2, 0.25) is 0 Å². The topological polar surface area (TPSA) is 133 Å². The number of pyridine rings is 2. The number of aliphatic hydroxyl groups excluding tert-OH is 1. The molecule has 2 aromatic heterocycles.